The van der Waals surface area contributed by atoms with E-state index in [1.807, 2.05) is 6.07 Å². The normalized spacial score (nSPS) is 12.2. The Morgan fingerprint density at radius 2 is 1.88 bits per heavy atom. The molecule has 0 aromatic heterocycles. The summed E-state index contributed by atoms with van der Waals surface area (Å²) >= 11 is 0. The molecule has 0 radical (unpaired) electrons. The molecule has 0 saturated heterocycles. The van der Waals surface area contributed by atoms with Gasteiger partial charge < -0.3 is 19.5 Å². The van der Waals surface area contributed by atoms with Crippen LogP contribution in [-0.4, -0.2) is 25.8 Å². The number of nitrogens with zero attached hydrogens (tertiary/aromatic N) is 1. The van der Waals surface area contributed by atoms with E-state index in [4.69, 9.17) is 9.47 Å². The number of hydrogen-bond acceptors (Lipinski definition) is 6. The molecule has 1 aliphatic rings. The number of carbonyl (C=O) groups is 2. The zero-order chi connectivity index (χ0) is 18.5. The van der Waals surface area contributed by atoms with E-state index < -0.39 is 11.9 Å². The fourth-order valence-electron chi connectivity index (χ4n) is 2.32. The van der Waals surface area contributed by atoms with Gasteiger partial charge in [0.05, 0.1) is 12.7 Å². The van der Waals surface area contributed by atoms with Gasteiger partial charge in [-0.1, -0.05) is 6.07 Å². The highest BCUT2D eigenvalue weighted by Gasteiger charge is 2.15. The van der Waals surface area contributed by atoms with Crippen molar-refractivity contribution in [3.8, 4) is 17.6 Å². The van der Waals surface area contributed by atoms with Gasteiger partial charge in [0.25, 0.3) is 5.91 Å². The van der Waals surface area contributed by atoms with Crippen molar-refractivity contribution in [2.75, 3.05) is 19.2 Å². The highest BCUT2D eigenvalue weighted by Crippen LogP contribution is 2.33. The minimum absolute atomic E-state index is 0.0686. The summed E-state index contributed by atoms with van der Waals surface area (Å²) in [5, 5.41) is 11.9. The van der Waals surface area contributed by atoms with E-state index in [2.05, 4.69) is 10.1 Å². The first-order valence-corrected chi connectivity index (χ1v) is 7.62. The fraction of sp³-hybridized carbons (Fsp3) is 0.105. The average Bonchev–Trinajstić information content (AvgIpc) is 3.13. The number of fused-ring (bicyclic) bond motifs is 1. The molecular weight excluding hydrogens is 336 g/mol. The molecule has 2 aromatic carbocycles. The predicted molar refractivity (Wildman–Crippen MR) is 92.6 cm³/mol. The maximum absolute atomic E-state index is 12.3. The van der Waals surface area contributed by atoms with Gasteiger partial charge in [0.15, 0.2) is 11.5 Å². The Balaban J connectivity index is 1.75. The topological polar surface area (TPSA) is 97.7 Å². The second-order valence-electron chi connectivity index (χ2n) is 5.31. The van der Waals surface area contributed by atoms with Crippen LogP contribution in [0.15, 0.2) is 48.0 Å². The second kappa shape index (κ2) is 7.40. The number of methoxy groups -OCH3 is 1. The van der Waals surface area contributed by atoms with Crippen LogP contribution < -0.4 is 14.8 Å². The Morgan fingerprint density at radius 3 is 2.58 bits per heavy atom. The lowest BCUT2D eigenvalue weighted by Gasteiger charge is -2.06. The molecule has 3 rings (SSSR count). The number of nitrogens with one attached hydrogen (secondary N) is 1. The Morgan fingerprint density at radius 1 is 1.15 bits per heavy atom. The second-order valence-corrected chi connectivity index (χ2v) is 5.31. The first-order valence-electron chi connectivity index (χ1n) is 7.62. The number of rotatable bonds is 4. The summed E-state index contributed by atoms with van der Waals surface area (Å²) in [5.41, 5.74) is 1.39. The number of hydrogen-bond donors (Lipinski definition) is 1. The lowest BCUT2D eigenvalue weighted by atomic mass is 10.1. The zero-order valence-corrected chi connectivity index (χ0v) is 13.8. The lowest BCUT2D eigenvalue weighted by Crippen LogP contribution is -2.13. The molecule has 7 nitrogen and oxygen atoms in total. The molecule has 1 N–H and O–H groups in total. The van der Waals surface area contributed by atoms with Gasteiger partial charge in [0, 0.05) is 5.69 Å². The Bertz CT molecular complexity index is 926. The summed E-state index contributed by atoms with van der Waals surface area (Å²) in [4.78, 5) is 23.7. The quantitative estimate of drug-likeness (QED) is 0.517. The van der Waals surface area contributed by atoms with Gasteiger partial charge in [-0.25, -0.2) is 4.79 Å². The summed E-state index contributed by atoms with van der Waals surface area (Å²) < 4.78 is 15.1. The molecule has 0 aliphatic carbocycles. The first kappa shape index (κ1) is 17.0. The molecule has 7 heteroatoms. The highest BCUT2D eigenvalue weighted by atomic mass is 16.7. The van der Waals surface area contributed by atoms with Crippen molar-refractivity contribution in [3.05, 3.63) is 59.2 Å². The third kappa shape index (κ3) is 3.65. The summed E-state index contributed by atoms with van der Waals surface area (Å²) in [6.45, 7) is 0.148. The molecule has 0 fully saturated rings. The maximum atomic E-state index is 12.3. The molecule has 26 heavy (non-hydrogen) atoms. The highest BCUT2D eigenvalue weighted by molar-refractivity contribution is 6.09. The average molecular weight is 350 g/mol. The molecule has 1 amide bonds. The lowest BCUT2D eigenvalue weighted by molar-refractivity contribution is -0.112. The van der Waals surface area contributed by atoms with Crippen LogP contribution in [-0.2, 0) is 9.53 Å². The molecule has 0 saturated carbocycles. The van der Waals surface area contributed by atoms with E-state index in [1.165, 1.54) is 25.3 Å². The third-order valence-corrected chi connectivity index (χ3v) is 3.64. The van der Waals surface area contributed by atoms with Crippen LogP contribution >= 0.6 is 0 Å². The van der Waals surface area contributed by atoms with Gasteiger partial charge in [-0.15, -0.1) is 0 Å². The van der Waals surface area contributed by atoms with Crippen molar-refractivity contribution < 1.29 is 23.8 Å². The summed E-state index contributed by atoms with van der Waals surface area (Å²) in [6, 6.07) is 13.2. The number of esters is 1. The van der Waals surface area contributed by atoms with Crippen LogP contribution in [0.5, 0.6) is 11.5 Å². The van der Waals surface area contributed by atoms with Crippen molar-refractivity contribution in [3.63, 3.8) is 0 Å². The number of benzene rings is 2. The van der Waals surface area contributed by atoms with Crippen LogP contribution in [0.4, 0.5) is 5.69 Å². The molecule has 1 heterocycles. The van der Waals surface area contributed by atoms with Gasteiger partial charge >= 0.3 is 5.97 Å². The molecule has 0 unspecified atom stereocenters. The van der Waals surface area contributed by atoms with Crippen LogP contribution in [0.1, 0.15) is 15.9 Å². The molecule has 0 bridgehead atoms. The van der Waals surface area contributed by atoms with Gasteiger partial charge in [-0.3, -0.25) is 4.79 Å². The summed E-state index contributed by atoms with van der Waals surface area (Å²) in [7, 11) is 1.29. The maximum Gasteiger partial charge on any atom is 0.337 e. The van der Waals surface area contributed by atoms with E-state index in [0.717, 1.165) is 0 Å². The number of nitriles is 1. The zero-order valence-electron chi connectivity index (χ0n) is 13.8. The van der Waals surface area contributed by atoms with Crippen molar-refractivity contribution >= 4 is 23.6 Å². The smallest absolute Gasteiger partial charge is 0.337 e. The van der Waals surface area contributed by atoms with Crippen LogP contribution in [0, 0.1) is 11.3 Å². The Labute approximate surface area is 149 Å². The van der Waals surface area contributed by atoms with E-state index in [1.54, 1.807) is 30.3 Å². The molecule has 130 valence electrons. The number of ether oxygens (including phenoxy) is 3. The van der Waals surface area contributed by atoms with Gasteiger partial charge in [0.1, 0.15) is 11.6 Å². The van der Waals surface area contributed by atoms with Crippen molar-refractivity contribution in [2.45, 2.75) is 0 Å². The minimum Gasteiger partial charge on any atom is -0.465 e. The molecular formula is C19H14N2O5. The fourth-order valence-corrected chi connectivity index (χ4v) is 2.32. The molecule has 0 spiro atoms. The molecule has 1 aliphatic heterocycles. The number of anilines is 1. The monoisotopic (exact) mass is 350 g/mol. The summed E-state index contributed by atoms with van der Waals surface area (Å²) in [6.07, 6.45) is 1.46. The van der Waals surface area contributed by atoms with Crippen LogP contribution in [0.25, 0.3) is 6.08 Å². The SMILES string of the molecule is COC(=O)c1ccc(NC(=O)/C(C#N)=C/c2ccc3c(c2)OCO3)cc1. The van der Waals surface area contributed by atoms with Crippen molar-refractivity contribution in [1.29, 1.82) is 5.26 Å². The van der Waals surface area contributed by atoms with Crippen molar-refractivity contribution in [2.24, 2.45) is 0 Å². The number of carbonyl (C=O) groups excluding carboxylic acids is 2. The standard InChI is InChI=1S/C19H14N2O5/c1-24-19(23)13-3-5-15(6-4-13)21-18(22)14(10-20)8-12-2-7-16-17(9-12)26-11-25-16/h2-9H,11H2,1H3,(H,21,22)/b14-8+. The summed E-state index contributed by atoms with van der Waals surface area (Å²) in [5.74, 6) is 0.157. The minimum atomic E-state index is -0.559. The van der Waals surface area contributed by atoms with Gasteiger partial charge in [0.2, 0.25) is 6.79 Å². The van der Waals surface area contributed by atoms with E-state index in [-0.39, 0.29) is 12.4 Å². The van der Waals surface area contributed by atoms with E-state index in [0.29, 0.717) is 28.3 Å². The molecule has 0 atom stereocenters. The van der Waals surface area contributed by atoms with Crippen LogP contribution in [0.3, 0.4) is 0 Å². The first-order chi connectivity index (χ1) is 12.6. The van der Waals surface area contributed by atoms with Crippen molar-refractivity contribution in [1.82, 2.24) is 0 Å². The predicted octanol–water partition coefficient (Wildman–Crippen LogP) is 2.75. The van der Waals surface area contributed by atoms with E-state index in [9.17, 15) is 14.9 Å². The third-order valence-electron chi connectivity index (χ3n) is 3.64. The Kier molecular flexibility index (Phi) is 4.85. The Hall–Kier alpha value is -3.79. The molecule has 2 aromatic rings. The largest absolute Gasteiger partial charge is 0.465 e. The van der Waals surface area contributed by atoms with E-state index >= 15 is 0 Å². The van der Waals surface area contributed by atoms with Gasteiger partial charge in [-0.05, 0) is 48.0 Å². The number of amides is 1. The van der Waals surface area contributed by atoms with Gasteiger partial charge in [-0.2, -0.15) is 5.26 Å². The van der Waals surface area contributed by atoms with Crippen LogP contribution in [0.2, 0.25) is 0 Å².